The van der Waals surface area contributed by atoms with Crippen LogP contribution in [0, 0.1) is 41.5 Å². The molecule has 1 aromatic carbocycles. The van der Waals surface area contributed by atoms with Crippen LogP contribution in [-0.4, -0.2) is 0 Å². The van der Waals surface area contributed by atoms with Gasteiger partial charge in [0, 0.05) is 68.8 Å². The van der Waals surface area contributed by atoms with Gasteiger partial charge in [0.2, 0.25) is 0 Å². The summed E-state index contributed by atoms with van der Waals surface area (Å²) in [4.78, 5) is 18.4. The summed E-state index contributed by atoms with van der Waals surface area (Å²) in [6, 6.07) is 29.0. The smallest absolute Gasteiger partial charge is 0.0922 e. The molecule has 0 fully saturated rings. The molecule has 10 rings (SSSR count). The average Bonchev–Trinajstić information content (AvgIpc) is 3.86. The summed E-state index contributed by atoms with van der Waals surface area (Å²) < 4.78 is 1.47. The zero-order valence-corrected chi connectivity index (χ0v) is 32.5. The summed E-state index contributed by atoms with van der Waals surface area (Å²) in [7, 11) is 0. The van der Waals surface area contributed by atoms with Crippen molar-refractivity contribution >= 4 is 89.4 Å². The molecule has 2 aliphatic rings. The summed E-state index contributed by atoms with van der Waals surface area (Å²) in [5.74, 6) is 0. The molecule has 7 heterocycles. The second-order valence-electron chi connectivity index (χ2n) is 13.0. The molecule has 0 aliphatic heterocycles. The summed E-state index contributed by atoms with van der Waals surface area (Å²) in [5, 5.41) is 1.43. The van der Waals surface area contributed by atoms with Crippen molar-refractivity contribution < 1.29 is 0 Å². The van der Waals surface area contributed by atoms with E-state index < -0.39 is 0 Å². The lowest BCUT2D eigenvalue weighted by molar-refractivity contribution is 0.814. The van der Waals surface area contributed by atoms with E-state index in [4.69, 9.17) is 0 Å². The Hall–Kier alpha value is -2.62. The van der Waals surface area contributed by atoms with Crippen molar-refractivity contribution in [1.29, 1.82) is 0 Å². The van der Waals surface area contributed by atoms with Gasteiger partial charge in [-0.2, -0.15) is 0 Å². The highest BCUT2D eigenvalue weighted by Crippen LogP contribution is 2.68. The van der Waals surface area contributed by atoms with Crippen molar-refractivity contribution in [2.45, 2.75) is 52.4 Å². The SMILES string of the molecule is Cc1ccc(C2(c3ccc(C)s3)c3cc(C)sc3-c3sc4c5c(ccc4c32)-c2sc(C)cc2C5(c2ccc(C)s2)c2ccc(C)s2)s1. The van der Waals surface area contributed by atoms with Gasteiger partial charge in [0.05, 0.1) is 15.7 Å². The molecule has 0 saturated heterocycles. The zero-order chi connectivity index (χ0) is 32.0. The minimum absolute atomic E-state index is 0.304. The molecule has 0 unspecified atom stereocenters. The first kappa shape index (κ1) is 29.3. The maximum absolute atomic E-state index is 2.51. The largest absolute Gasteiger partial charge is 0.144 e. The number of thiophene rings is 7. The first-order valence-corrected chi connectivity index (χ1v) is 21.5. The molecule has 0 N–H and O–H groups in total. The van der Waals surface area contributed by atoms with E-state index in [9.17, 15) is 0 Å². The molecule has 47 heavy (non-hydrogen) atoms. The van der Waals surface area contributed by atoms with E-state index in [0.717, 1.165) is 0 Å². The van der Waals surface area contributed by atoms with Crippen molar-refractivity contribution in [3.63, 3.8) is 0 Å². The average molecular weight is 735 g/mol. The molecule has 0 atom stereocenters. The number of rotatable bonds is 4. The van der Waals surface area contributed by atoms with Gasteiger partial charge in [-0.1, -0.05) is 12.1 Å². The maximum atomic E-state index is 2.51. The van der Waals surface area contributed by atoms with Crippen molar-refractivity contribution in [2.24, 2.45) is 0 Å². The third-order valence-corrected chi connectivity index (χ3v) is 18.0. The number of hydrogen-bond acceptors (Lipinski definition) is 7. The summed E-state index contributed by atoms with van der Waals surface area (Å²) in [6.07, 6.45) is 0. The summed E-state index contributed by atoms with van der Waals surface area (Å²) in [6.45, 7) is 13.6. The fraction of sp³-hybridized carbons (Fsp3) is 0.200. The van der Waals surface area contributed by atoms with Crippen LogP contribution in [0.3, 0.4) is 0 Å². The molecule has 0 amide bonds. The van der Waals surface area contributed by atoms with Gasteiger partial charge < -0.3 is 0 Å². The monoisotopic (exact) mass is 734 g/mol. The fourth-order valence-electron chi connectivity index (χ4n) is 8.29. The van der Waals surface area contributed by atoms with Crippen molar-refractivity contribution in [3.8, 4) is 20.2 Å². The highest BCUT2D eigenvalue weighted by molar-refractivity contribution is 7.27. The molecule has 0 saturated carbocycles. The summed E-state index contributed by atoms with van der Waals surface area (Å²) >= 11 is 13.9. The molecule has 0 spiro atoms. The van der Waals surface area contributed by atoms with Crippen LogP contribution in [0.1, 0.15) is 71.0 Å². The second-order valence-corrected chi connectivity index (χ2v) is 21.7. The van der Waals surface area contributed by atoms with E-state index >= 15 is 0 Å². The van der Waals surface area contributed by atoms with E-state index in [0.29, 0.717) is 0 Å². The van der Waals surface area contributed by atoms with E-state index in [-0.39, 0.29) is 10.8 Å². The first-order chi connectivity index (χ1) is 22.7. The van der Waals surface area contributed by atoms with E-state index in [1.54, 1.807) is 0 Å². The Labute approximate surface area is 303 Å². The highest BCUT2D eigenvalue weighted by atomic mass is 32.1. The molecular formula is C40H30S7. The Balaban J connectivity index is 1.40. The Kier molecular flexibility index (Phi) is 6.22. The van der Waals surface area contributed by atoms with E-state index in [1.807, 2.05) is 68.0 Å². The van der Waals surface area contributed by atoms with Crippen LogP contribution < -0.4 is 0 Å². The van der Waals surface area contributed by atoms with Crippen LogP contribution in [0.5, 0.6) is 0 Å². The molecule has 232 valence electrons. The second kappa shape index (κ2) is 9.97. The quantitative estimate of drug-likeness (QED) is 0.169. The van der Waals surface area contributed by atoms with Gasteiger partial charge in [0.15, 0.2) is 0 Å². The summed E-state index contributed by atoms with van der Waals surface area (Å²) in [5.41, 5.74) is 6.78. The van der Waals surface area contributed by atoms with E-state index in [1.165, 1.54) is 101 Å². The van der Waals surface area contributed by atoms with Gasteiger partial charge in [-0.05, 0) is 130 Å². The maximum Gasteiger partial charge on any atom is 0.0922 e. The molecule has 0 nitrogen and oxygen atoms in total. The van der Waals surface area contributed by atoms with Crippen LogP contribution in [-0.2, 0) is 10.8 Å². The fourth-order valence-corrected chi connectivity index (χ4v) is 16.6. The third kappa shape index (κ3) is 3.66. The number of benzene rings is 1. The van der Waals surface area contributed by atoms with Gasteiger partial charge in [0.1, 0.15) is 0 Å². The van der Waals surface area contributed by atoms with Crippen LogP contribution >= 0.6 is 79.4 Å². The van der Waals surface area contributed by atoms with Crippen LogP contribution in [0.4, 0.5) is 0 Å². The third-order valence-electron chi connectivity index (χ3n) is 10.0. The molecular weight excluding hydrogens is 705 g/mol. The Morgan fingerprint density at radius 1 is 0.383 bits per heavy atom. The molecule has 8 aromatic rings. The van der Waals surface area contributed by atoms with E-state index in [2.05, 4.69) is 126 Å². The molecule has 0 radical (unpaired) electrons. The van der Waals surface area contributed by atoms with Gasteiger partial charge in [-0.25, -0.2) is 0 Å². The molecule has 7 heteroatoms. The number of aryl methyl sites for hydroxylation is 6. The molecule has 7 aromatic heterocycles. The lowest BCUT2D eigenvalue weighted by Gasteiger charge is -2.32. The predicted molar refractivity (Wildman–Crippen MR) is 212 cm³/mol. The Morgan fingerprint density at radius 2 is 0.830 bits per heavy atom. The van der Waals surface area contributed by atoms with Crippen LogP contribution in [0.15, 0.2) is 72.8 Å². The lowest BCUT2D eigenvalue weighted by Crippen LogP contribution is -2.27. The van der Waals surface area contributed by atoms with Crippen molar-refractivity contribution in [2.75, 3.05) is 0 Å². The lowest BCUT2D eigenvalue weighted by atomic mass is 9.73. The minimum Gasteiger partial charge on any atom is -0.144 e. The minimum atomic E-state index is -0.318. The first-order valence-electron chi connectivity index (χ1n) is 15.8. The topological polar surface area (TPSA) is 0 Å². The van der Waals surface area contributed by atoms with Crippen molar-refractivity contribution in [3.05, 3.63) is 144 Å². The van der Waals surface area contributed by atoms with Gasteiger partial charge in [-0.15, -0.1) is 79.4 Å². The van der Waals surface area contributed by atoms with Gasteiger partial charge in [-0.3, -0.25) is 0 Å². The number of fused-ring (bicyclic) bond motifs is 9. The zero-order valence-electron chi connectivity index (χ0n) is 26.8. The number of hydrogen-bond donors (Lipinski definition) is 0. The molecule has 0 bridgehead atoms. The Morgan fingerprint density at radius 3 is 1.30 bits per heavy atom. The van der Waals surface area contributed by atoms with Crippen LogP contribution in [0.2, 0.25) is 0 Å². The van der Waals surface area contributed by atoms with Gasteiger partial charge >= 0.3 is 0 Å². The normalized spacial score (nSPS) is 15.4. The standard InChI is InChI=1S/C40H30S7/c1-19-7-13-29(41-19)39(30-14-8-20(2)42-30)27-17-23(5)45-35(27)25-11-12-26-34-38(47-36(26)33(25)39)37-28(18-24(6)46-37)40(34,31-15-9-21(3)43-31)32-16-10-22(4)44-32/h7-18H,1-6H3. The highest BCUT2D eigenvalue weighted by Gasteiger charge is 2.54. The Bertz CT molecular complexity index is 2480. The predicted octanol–water partition coefficient (Wildman–Crippen LogP) is 13.8. The molecule has 2 aliphatic carbocycles. The van der Waals surface area contributed by atoms with Gasteiger partial charge in [0.25, 0.3) is 0 Å². The van der Waals surface area contributed by atoms with Crippen molar-refractivity contribution in [1.82, 2.24) is 0 Å². The van der Waals surface area contributed by atoms with Crippen LogP contribution in [0.25, 0.3) is 30.3 Å².